The maximum atomic E-state index is 12.4. The summed E-state index contributed by atoms with van der Waals surface area (Å²) in [6.07, 6.45) is -2.67. The highest BCUT2D eigenvalue weighted by atomic mass is 19.4. The van der Waals surface area contributed by atoms with Crippen molar-refractivity contribution in [3.63, 3.8) is 0 Å². The van der Waals surface area contributed by atoms with Gasteiger partial charge in [0.25, 0.3) is 0 Å². The topological polar surface area (TPSA) is 0 Å². The zero-order valence-corrected chi connectivity index (χ0v) is 8.86. The van der Waals surface area contributed by atoms with Crippen LogP contribution in [0.4, 0.5) is 13.2 Å². The molecular weight excluding hydrogens is 201 g/mol. The first-order chi connectivity index (χ1) is 6.99. The average Bonchev–Trinajstić information content (AvgIpc) is 2.19. The maximum Gasteiger partial charge on any atom is 0.428 e. The quantitative estimate of drug-likeness (QED) is 0.653. The predicted molar refractivity (Wildman–Crippen MR) is 54.4 cm³/mol. The lowest BCUT2D eigenvalue weighted by Crippen LogP contribution is -2.06. The van der Waals surface area contributed by atoms with E-state index in [2.05, 4.69) is 0 Å². The summed E-state index contributed by atoms with van der Waals surface area (Å²) in [4.78, 5) is 0. The van der Waals surface area contributed by atoms with Crippen LogP contribution in [0.1, 0.15) is 37.8 Å². The van der Waals surface area contributed by atoms with Gasteiger partial charge in [-0.25, -0.2) is 0 Å². The number of hydrogen-bond acceptors (Lipinski definition) is 0. The number of benzene rings is 1. The first kappa shape index (κ1) is 12.0. The third-order valence-corrected chi connectivity index (χ3v) is 2.45. The molecule has 1 rings (SSSR count). The van der Waals surface area contributed by atoms with Crippen LogP contribution in [-0.2, 0) is 6.18 Å². The predicted octanol–water partition coefficient (Wildman–Crippen LogP) is 4.45. The molecule has 0 aliphatic rings. The van der Waals surface area contributed by atoms with Crippen molar-refractivity contribution < 1.29 is 13.2 Å². The van der Waals surface area contributed by atoms with Gasteiger partial charge < -0.3 is 0 Å². The summed E-state index contributed by atoms with van der Waals surface area (Å²) in [7, 11) is 0. The van der Waals surface area contributed by atoms with Crippen molar-refractivity contribution >= 4 is 0 Å². The third kappa shape index (κ3) is 2.91. The van der Waals surface area contributed by atoms with Crippen LogP contribution in [0.5, 0.6) is 0 Å². The van der Waals surface area contributed by atoms with Crippen LogP contribution >= 0.6 is 0 Å². The molecule has 0 radical (unpaired) electrons. The number of hydrogen-bond donors (Lipinski definition) is 0. The fourth-order valence-electron chi connectivity index (χ4n) is 1.57. The molecule has 0 aromatic heterocycles. The molecule has 1 aromatic carbocycles. The zero-order chi connectivity index (χ0) is 11.5. The number of rotatable bonds is 3. The van der Waals surface area contributed by atoms with Crippen LogP contribution in [-0.4, -0.2) is 0 Å². The van der Waals surface area contributed by atoms with E-state index in [4.69, 9.17) is 0 Å². The molecular formula is C12H14F3+. The normalized spacial score (nSPS) is 11.5. The Balaban J connectivity index is 3.02. The molecule has 0 unspecified atom stereocenters. The molecule has 0 amide bonds. The van der Waals surface area contributed by atoms with Crippen LogP contribution in [0.15, 0.2) is 24.3 Å². The van der Waals surface area contributed by atoms with Crippen molar-refractivity contribution in [2.45, 2.75) is 32.9 Å². The van der Waals surface area contributed by atoms with Crippen LogP contribution in [0.3, 0.4) is 0 Å². The smallest absolute Gasteiger partial charge is 0.165 e. The van der Waals surface area contributed by atoms with Gasteiger partial charge in [-0.15, -0.1) is 0 Å². The Morgan fingerprint density at radius 2 is 1.73 bits per heavy atom. The molecule has 0 nitrogen and oxygen atoms in total. The van der Waals surface area contributed by atoms with E-state index < -0.39 is 11.7 Å². The summed E-state index contributed by atoms with van der Waals surface area (Å²) in [5.41, 5.74) is 0.134. The molecule has 1 aromatic rings. The third-order valence-electron chi connectivity index (χ3n) is 2.45. The lowest BCUT2D eigenvalue weighted by molar-refractivity contribution is -0.137. The summed E-state index contributed by atoms with van der Waals surface area (Å²) in [6.45, 7) is 3.91. The fourth-order valence-corrected chi connectivity index (χ4v) is 1.57. The van der Waals surface area contributed by atoms with E-state index in [0.717, 1.165) is 24.8 Å². The highest BCUT2D eigenvalue weighted by Gasteiger charge is 2.33. The van der Waals surface area contributed by atoms with Gasteiger partial charge in [-0.2, -0.15) is 13.2 Å². The molecule has 15 heavy (non-hydrogen) atoms. The van der Waals surface area contributed by atoms with Crippen LogP contribution < -0.4 is 0 Å². The summed E-state index contributed by atoms with van der Waals surface area (Å²) < 4.78 is 37.3. The molecule has 0 spiro atoms. The molecule has 0 fully saturated rings. The van der Waals surface area contributed by atoms with E-state index in [1.807, 2.05) is 13.8 Å². The summed E-state index contributed by atoms with van der Waals surface area (Å²) >= 11 is 0. The van der Waals surface area contributed by atoms with Crippen molar-refractivity contribution in [2.75, 3.05) is 0 Å². The summed E-state index contributed by atoms with van der Waals surface area (Å²) in [5.74, 6) is 1.06. The van der Waals surface area contributed by atoms with E-state index >= 15 is 0 Å². The van der Waals surface area contributed by atoms with E-state index in [-0.39, 0.29) is 0 Å². The van der Waals surface area contributed by atoms with Gasteiger partial charge in [0.05, 0.1) is 6.07 Å². The summed E-state index contributed by atoms with van der Waals surface area (Å²) in [5, 5.41) is 0. The van der Waals surface area contributed by atoms with Gasteiger partial charge >= 0.3 is 6.18 Å². The monoisotopic (exact) mass is 215 g/mol. The Hall–Kier alpha value is -1.12. The molecule has 0 aliphatic carbocycles. The van der Waals surface area contributed by atoms with Crippen LogP contribution in [0, 0.1) is 5.92 Å². The Bertz CT molecular complexity index is 311. The average molecular weight is 215 g/mol. The Kier molecular flexibility index (Phi) is 3.66. The second-order valence-electron chi connectivity index (χ2n) is 3.39. The van der Waals surface area contributed by atoms with E-state index in [1.54, 1.807) is 6.07 Å². The molecule has 0 aliphatic heterocycles. The van der Waals surface area contributed by atoms with Gasteiger partial charge in [0.15, 0.2) is 0 Å². The second kappa shape index (κ2) is 4.60. The molecule has 0 saturated carbocycles. The Labute approximate surface area is 88.1 Å². The summed E-state index contributed by atoms with van der Waals surface area (Å²) in [6, 6.07) is 5.52. The van der Waals surface area contributed by atoms with Crippen molar-refractivity contribution in [3.05, 3.63) is 41.3 Å². The zero-order valence-electron chi connectivity index (χ0n) is 8.86. The number of halogens is 3. The molecule has 3 heteroatoms. The van der Waals surface area contributed by atoms with Crippen molar-refractivity contribution in [1.82, 2.24) is 0 Å². The minimum Gasteiger partial charge on any atom is -0.165 e. The number of alkyl halides is 3. The molecule has 0 atom stereocenters. The van der Waals surface area contributed by atoms with Crippen LogP contribution in [0.25, 0.3) is 0 Å². The lowest BCUT2D eigenvalue weighted by Gasteiger charge is -2.08. The standard InChI is InChI=1S/C12H14F3/c1-3-9(4-2)10-6-5-7-11(8-10)12(13,14)15/h5-8H,3-4H2,1-2H3/q+1. The van der Waals surface area contributed by atoms with Gasteiger partial charge in [0.1, 0.15) is 11.1 Å². The van der Waals surface area contributed by atoms with Gasteiger partial charge in [-0.3, -0.25) is 0 Å². The van der Waals surface area contributed by atoms with Crippen molar-refractivity contribution in [2.24, 2.45) is 0 Å². The Morgan fingerprint density at radius 3 is 2.20 bits per heavy atom. The molecule has 0 bridgehead atoms. The molecule has 0 heterocycles. The first-order valence-electron chi connectivity index (χ1n) is 5.01. The van der Waals surface area contributed by atoms with Crippen molar-refractivity contribution in [1.29, 1.82) is 0 Å². The highest BCUT2D eigenvalue weighted by Crippen LogP contribution is 2.32. The fraction of sp³-hybridized carbons (Fsp3) is 0.417. The Morgan fingerprint density at radius 1 is 1.13 bits per heavy atom. The highest BCUT2D eigenvalue weighted by molar-refractivity contribution is 5.35. The second-order valence-corrected chi connectivity index (χ2v) is 3.39. The van der Waals surface area contributed by atoms with Gasteiger partial charge in [0, 0.05) is 24.8 Å². The van der Waals surface area contributed by atoms with Crippen LogP contribution in [0.2, 0.25) is 0 Å². The minimum atomic E-state index is -4.25. The molecule has 82 valence electrons. The van der Waals surface area contributed by atoms with E-state index in [9.17, 15) is 13.2 Å². The molecule has 0 N–H and O–H groups in total. The van der Waals surface area contributed by atoms with Gasteiger partial charge in [-0.1, -0.05) is 0 Å². The first-order valence-corrected chi connectivity index (χ1v) is 5.01. The lowest BCUT2D eigenvalue weighted by atomic mass is 9.93. The maximum absolute atomic E-state index is 12.4. The van der Waals surface area contributed by atoms with E-state index in [1.165, 1.54) is 12.1 Å². The molecule has 0 saturated heterocycles. The minimum absolute atomic E-state index is 0.570. The van der Waals surface area contributed by atoms with Gasteiger partial charge in [-0.05, 0) is 26.0 Å². The van der Waals surface area contributed by atoms with E-state index in [0.29, 0.717) is 5.56 Å². The van der Waals surface area contributed by atoms with Crippen molar-refractivity contribution in [3.8, 4) is 0 Å². The van der Waals surface area contributed by atoms with Gasteiger partial charge in [0.2, 0.25) is 0 Å². The SMILES string of the molecule is CC[C+](CC)c1cccc(C(F)(F)F)c1. The largest absolute Gasteiger partial charge is 0.428 e.